The molecule has 1 saturated heterocycles. The average molecular weight is 134 g/mol. The van der Waals surface area contributed by atoms with Crippen LogP contribution in [0, 0.1) is 0 Å². The zero-order valence-electron chi connectivity index (χ0n) is 4.68. The van der Waals surface area contributed by atoms with Crippen molar-refractivity contribution >= 4 is 20.2 Å². The van der Waals surface area contributed by atoms with Gasteiger partial charge in [-0.15, -0.1) is 0 Å². The van der Waals surface area contributed by atoms with Gasteiger partial charge in [0.15, 0.2) is 9.76 Å². The Bertz CT molecular complexity index is 68.0. The van der Waals surface area contributed by atoms with Crippen molar-refractivity contribution in [1.82, 2.24) is 0 Å². The van der Waals surface area contributed by atoms with Gasteiger partial charge in [0.05, 0.1) is 11.8 Å². The third-order valence-electron chi connectivity index (χ3n) is 1.17. The molecule has 1 aliphatic heterocycles. The first-order chi connectivity index (χ1) is 3.34. The lowest BCUT2D eigenvalue weighted by Crippen LogP contribution is -2.05. The van der Waals surface area contributed by atoms with Crippen LogP contribution in [0.3, 0.4) is 0 Å². The van der Waals surface area contributed by atoms with E-state index >= 15 is 0 Å². The summed E-state index contributed by atoms with van der Waals surface area (Å²) in [5, 5.41) is 0. The molecule has 1 aliphatic rings. The Balaban J connectivity index is 1.98. The maximum absolute atomic E-state index is 5.12. The standard InChI is InChI=1S/C3H10O2Si2/c1-2-3(4-2)7-5-6/h2-3H,7H2,1,6H3. The second-order valence-corrected chi connectivity index (χ2v) is 5.28. The second-order valence-electron chi connectivity index (χ2n) is 1.83. The second kappa shape index (κ2) is 2.08. The van der Waals surface area contributed by atoms with Gasteiger partial charge in [-0.2, -0.15) is 0 Å². The molecule has 0 aromatic carbocycles. The highest BCUT2D eigenvalue weighted by Crippen LogP contribution is 2.18. The van der Waals surface area contributed by atoms with E-state index in [1.54, 1.807) is 0 Å². The minimum Gasteiger partial charge on any atom is -0.466 e. The summed E-state index contributed by atoms with van der Waals surface area (Å²) in [6.45, 7) is 2.10. The number of hydrogen-bond donors (Lipinski definition) is 0. The first-order valence-corrected chi connectivity index (χ1v) is 4.70. The molecule has 0 aliphatic carbocycles. The molecule has 0 N–H and O–H groups in total. The molecule has 0 aromatic rings. The van der Waals surface area contributed by atoms with Gasteiger partial charge in [0.25, 0.3) is 0 Å². The predicted octanol–water partition coefficient (Wildman–Crippen LogP) is -1.89. The van der Waals surface area contributed by atoms with E-state index in [4.69, 9.17) is 8.85 Å². The first-order valence-electron chi connectivity index (χ1n) is 2.49. The molecule has 0 bridgehead atoms. The van der Waals surface area contributed by atoms with Gasteiger partial charge >= 0.3 is 0 Å². The van der Waals surface area contributed by atoms with Crippen molar-refractivity contribution in [2.45, 2.75) is 18.8 Å². The van der Waals surface area contributed by atoms with E-state index in [-0.39, 0.29) is 9.76 Å². The van der Waals surface area contributed by atoms with Crippen LogP contribution in [-0.4, -0.2) is 32.1 Å². The molecule has 2 nitrogen and oxygen atoms in total. The number of rotatable bonds is 2. The molecule has 2 atom stereocenters. The Morgan fingerprint density at radius 3 is 2.57 bits per heavy atom. The van der Waals surface area contributed by atoms with Crippen molar-refractivity contribution in [2.24, 2.45) is 0 Å². The van der Waals surface area contributed by atoms with E-state index in [1.807, 2.05) is 0 Å². The lowest BCUT2D eigenvalue weighted by Gasteiger charge is -1.85. The van der Waals surface area contributed by atoms with Crippen LogP contribution in [0.2, 0.25) is 0 Å². The fourth-order valence-electron chi connectivity index (χ4n) is 0.569. The maximum atomic E-state index is 5.12. The molecule has 0 aromatic heterocycles. The molecule has 0 saturated carbocycles. The highest BCUT2D eigenvalue weighted by atomic mass is 28.3. The van der Waals surface area contributed by atoms with Crippen LogP contribution < -0.4 is 0 Å². The van der Waals surface area contributed by atoms with Gasteiger partial charge in [0.1, 0.15) is 10.5 Å². The maximum Gasteiger partial charge on any atom is 0.179 e. The van der Waals surface area contributed by atoms with E-state index in [1.165, 1.54) is 0 Å². The monoisotopic (exact) mass is 134 g/mol. The summed E-state index contributed by atoms with van der Waals surface area (Å²) in [4.78, 5) is 0. The molecular weight excluding hydrogens is 124 g/mol. The summed E-state index contributed by atoms with van der Waals surface area (Å²) < 4.78 is 10.2. The molecule has 7 heavy (non-hydrogen) atoms. The molecule has 1 heterocycles. The lowest BCUT2D eigenvalue weighted by atomic mass is 10.6. The zero-order chi connectivity index (χ0) is 5.28. The van der Waals surface area contributed by atoms with Gasteiger partial charge in [-0.3, -0.25) is 0 Å². The van der Waals surface area contributed by atoms with Gasteiger partial charge in [-0.25, -0.2) is 0 Å². The Morgan fingerprint density at radius 2 is 2.43 bits per heavy atom. The molecule has 42 valence electrons. The lowest BCUT2D eigenvalue weighted by molar-refractivity contribution is 0.403. The summed E-state index contributed by atoms with van der Waals surface area (Å²) in [5.74, 6) is 0. The fourth-order valence-corrected chi connectivity index (χ4v) is 2.54. The van der Waals surface area contributed by atoms with Crippen molar-refractivity contribution in [3.05, 3.63) is 0 Å². The smallest absolute Gasteiger partial charge is 0.179 e. The topological polar surface area (TPSA) is 21.8 Å². The van der Waals surface area contributed by atoms with Crippen molar-refractivity contribution < 1.29 is 8.85 Å². The van der Waals surface area contributed by atoms with Crippen molar-refractivity contribution in [1.29, 1.82) is 0 Å². The van der Waals surface area contributed by atoms with Gasteiger partial charge in [0, 0.05) is 0 Å². The Morgan fingerprint density at radius 1 is 1.86 bits per heavy atom. The summed E-state index contributed by atoms with van der Waals surface area (Å²) in [6, 6.07) is 0. The highest BCUT2D eigenvalue weighted by Gasteiger charge is 2.33. The van der Waals surface area contributed by atoms with E-state index in [2.05, 4.69) is 6.92 Å². The number of ether oxygens (including phenoxy) is 1. The van der Waals surface area contributed by atoms with E-state index in [0.717, 1.165) is 10.5 Å². The number of hydrogen-bond acceptors (Lipinski definition) is 2. The Labute approximate surface area is 48.7 Å². The van der Waals surface area contributed by atoms with E-state index < -0.39 is 0 Å². The van der Waals surface area contributed by atoms with Crippen LogP contribution in [-0.2, 0) is 8.85 Å². The first kappa shape index (κ1) is 5.49. The number of epoxide rings is 1. The predicted molar refractivity (Wildman–Crippen MR) is 33.9 cm³/mol. The third-order valence-corrected chi connectivity index (χ3v) is 3.69. The molecule has 2 unspecified atom stereocenters. The van der Waals surface area contributed by atoms with Crippen molar-refractivity contribution in [3.8, 4) is 0 Å². The molecular formula is C3H10O2Si2. The van der Waals surface area contributed by atoms with Gasteiger partial charge in [-0.1, -0.05) is 0 Å². The summed E-state index contributed by atoms with van der Waals surface area (Å²) in [6.07, 6.45) is 0.528. The van der Waals surface area contributed by atoms with E-state index in [0.29, 0.717) is 11.8 Å². The van der Waals surface area contributed by atoms with Crippen LogP contribution in [0.1, 0.15) is 6.92 Å². The molecule has 4 heteroatoms. The van der Waals surface area contributed by atoms with Gasteiger partial charge in [0.2, 0.25) is 0 Å². The van der Waals surface area contributed by atoms with Crippen LogP contribution in [0.5, 0.6) is 0 Å². The van der Waals surface area contributed by atoms with Crippen LogP contribution in [0.15, 0.2) is 0 Å². The summed E-state index contributed by atoms with van der Waals surface area (Å²) in [7, 11) is 0.659. The van der Waals surface area contributed by atoms with Gasteiger partial charge in [-0.05, 0) is 6.92 Å². The Kier molecular flexibility index (Phi) is 1.63. The molecule has 0 amide bonds. The van der Waals surface area contributed by atoms with Crippen LogP contribution in [0.4, 0.5) is 0 Å². The normalized spacial score (nSPS) is 40.7. The molecule has 1 fully saturated rings. The SMILES string of the molecule is CC1OC1[SiH2]O[SiH3]. The minimum atomic E-state index is -0.240. The van der Waals surface area contributed by atoms with Crippen LogP contribution >= 0.6 is 0 Å². The quantitative estimate of drug-likeness (QED) is 0.325. The van der Waals surface area contributed by atoms with E-state index in [9.17, 15) is 0 Å². The molecule has 0 spiro atoms. The summed E-state index contributed by atoms with van der Waals surface area (Å²) in [5.41, 5.74) is 0.567. The fraction of sp³-hybridized carbons (Fsp3) is 1.00. The highest BCUT2D eigenvalue weighted by molar-refractivity contribution is 6.36. The third kappa shape index (κ3) is 1.38. The molecule has 0 radical (unpaired) electrons. The van der Waals surface area contributed by atoms with Gasteiger partial charge < -0.3 is 8.85 Å². The summed E-state index contributed by atoms with van der Waals surface area (Å²) >= 11 is 0. The zero-order valence-corrected chi connectivity index (χ0v) is 8.09. The van der Waals surface area contributed by atoms with Crippen LogP contribution in [0.25, 0.3) is 0 Å². The molecule has 1 rings (SSSR count). The van der Waals surface area contributed by atoms with Crippen molar-refractivity contribution in [2.75, 3.05) is 0 Å². The van der Waals surface area contributed by atoms with Crippen molar-refractivity contribution in [3.63, 3.8) is 0 Å². The Hall–Kier alpha value is 0.354. The minimum absolute atomic E-state index is 0.240. The average Bonchev–Trinajstić information content (AvgIpc) is 2.22. The largest absolute Gasteiger partial charge is 0.466 e.